The predicted octanol–water partition coefficient (Wildman–Crippen LogP) is 1.94. The Bertz CT molecular complexity index is 632. The van der Waals surface area contributed by atoms with Crippen LogP contribution in [0.25, 0.3) is 0 Å². The summed E-state index contributed by atoms with van der Waals surface area (Å²) in [6.45, 7) is 2.85. The number of nitrogens with one attached hydrogen (secondary N) is 1. The minimum atomic E-state index is -0.281. The van der Waals surface area contributed by atoms with E-state index in [-0.39, 0.29) is 17.7 Å². The Kier molecular flexibility index (Phi) is 4.43. The molecule has 3 rings (SSSR count). The highest BCUT2D eigenvalue weighted by atomic mass is 16.5. The summed E-state index contributed by atoms with van der Waals surface area (Å²) in [5.74, 6) is 1.03. The van der Waals surface area contributed by atoms with Crippen LogP contribution >= 0.6 is 0 Å². The fourth-order valence-electron chi connectivity index (χ4n) is 2.31. The van der Waals surface area contributed by atoms with Crippen molar-refractivity contribution in [3.63, 3.8) is 0 Å². The standard InChI is InChI=1S/C15H18N4O3/c1-10-6-12(19-22-10)15(20)18-9-11-7-16-14(17-8-11)13-4-2-3-5-21-13/h6-8,13H,2-5,9H2,1H3,(H,18,20)/t13-/m0/s1. The van der Waals surface area contributed by atoms with E-state index in [1.54, 1.807) is 25.4 Å². The minimum absolute atomic E-state index is 0.00417. The zero-order valence-corrected chi connectivity index (χ0v) is 12.4. The highest BCUT2D eigenvalue weighted by Crippen LogP contribution is 2.24. The van der Waals surface area contributed by atoms with Gasteiger partial charge in [-0.25, -0.2) is 9.97 Å². The van der Waals surface area contributed by atoms with Crippen molar-refractivity contribution in [3.05, 3.63) is 41.3 Å². The third-order valence-corrected chi connectivity index (χ3v) is 3.51. The maximum absolute atomic E-state index is 11.9. The van der Waals surface area contributed by atoms with Gasteiger partial charge in [0.1, 0.15) is 11.9 Å². The Hall–Kier alpha value is -2.28. The molecule has 1 N–H and O–H groups in total. The van der Waals surface area contributed by atoms with Gasteiger partial charge in [-0.1, -0.05) is 5.16 Å². The fraction of sp³-hybridized carbons (Fsp3) is 0.467. The van der Waals surface area contributed by atoms with Gasteiger partial charge in [-0.2, -0.15) is 0 Å². The number of hydrogen-bond acceptors (Lipinski definition) is 6. The van der Waals surface area contributed by atoms with Gasteiger partial charge in [-0.05, 0) is 26.2 Å². The van der Waals surface area contributed by atoms with E-state index in [0.29, 0.717) is 18.1 Å². The van der Waals surface area contributed by atoms with Crippen molar-refractivity contribution in [1.82, 2.24) is 20.4 Å². The number of hydrogen-bond donors (Lipinski definition) is 1. The molecule has 0 aromatic carbocycles. The van der Waals surface area contributed by atoms with Crippen LogP contribution < -0.4 is 5.32 Å². The lowest BCUT2D eigenvalue weighted by molar-refractivity contribution is 0.00940. The second-order valence-electron chi connectivity index (χ2n) is 5.31. The van der Waals surface area contributed by atoms with Gasteiger partial charge in [0, 0.05) is 37.2 Å². The molecule has 1 aliphatic heterocycles. The second kappa shape index (κ2) is 6.65. The first-order valence-electron chi connectivity index (χ1n) is 7.36. The summed E-state index contributed by atoms with van der Waals surface area (Å²) in [6.07, 6.45) is 6.63. The van der Waals surface area contributed by atoms with Crippen molar-refractivity contribution in [1.29, 1.82) is 0 Å². The van der Waals surface area contributed by atoms with Crippen LogP contribution in [0.4, 0.5) is 0 Å². The van der Waals surface area contributed by atoms with E-state index in [0.717, 1.165) is 31.4 Å². The lowest BCUT2D eigenvalue weighted by Gasteiger charge is -2.21. The van der Waals surface area contributed by atoms with Crippen LogP contribution in [0.5, 0.6) is 0 Å². The number of carbonyl (C=O) groups is 1. The van der Waals surface area contributed by atoms with Crippen LogP contribution in [0.3, 0.4) is 0 Å². The van der Waals surface area contributed by atoms with Gasteiger partial charge >= 0.3 is 0 Å². The van der Waals surface area contributed by atoms with E-state index < -0.39 is 0 Å². The molecule has 2 aromatic heterocycles. The van der Waals surface area contributed by atoms with Crippen molar-refractivity contribution in [3.8, 4) is 0 Å². The minimum Gasteiger partial charge on any atom is -0.370 e. The monoisotopic (exact) mass is 302 g/mol. The van der Waals surface area contributed by atoms with Crippen LogP contribution in [0.2, 0.25) is 0 Å². The largest absolute Gasteiger partial charge is 0.370 e. The first kappa shape index (κ1) is 14.6. The summed E-state index contributed by atoms with van der Waals surface area (Å²) in [7, 11) is 0. The van der Waals surface area contributed by atoms with E-state index >= 15 is 0 Å². The molecule has 0 radical (unpaired) electrons. The maximum atomic E-state index is 11.9. The first-order chi connectivity index (χ1) is 10.7. The van der Waals surface area contributed by atoms with Gasteiger partial charge in [-0.15, -0.1) is 0 Å². The SMILES string of the molecule is Cc1cc(C(=O)NCc2cnc([C@@H]3CCCCO3)nc2)no1. The molecule has 1 atom stereocenters. The topological polar surface area (TPSA) is 90.1 Å². The van der Waals surface area contributed by atoms with Crippen LogP contribution in [0.15, 0.2) is 23.0 Å². The van der Waals surface area contributed by atoms with Crippen LogP contribution in [0, 0.1) is 6.92 Å². The van der Waals surface area contributed by atoms with Crippen molar-refractivity contribution in [2.24, 2.45) is 0 Å². The molecule has 1 aliphatic rings. The van der Waals surface area contributed by atoms with Gasteiger partial charge in [0.15, 0.2) is 11.5 Å². The normalized spacial score (nSPS) is 18.1. The molecule has 0 bridgehead atoms. The summed E-state index contributed by atoms with van der Waals surface area (Å²) in [4.78, 5) is 20.5. The number of ether oxygens (including phenoxy) is 1. The number of aryl methyl sites for hydroxylation is 1. The number of carbonyl (C=O) groups excluding carboxylic acids is 1. The average molecular weight is 302 g/mol. The van der Waals surface area contributed by atoms with Crippen LogP contribution in [-0.4, -0.2) is 27.6 Å². The number of amides is 1. The van der Waals surface area contributed by atoms with E-state index in [9.17, 15) is 4.79 Å². The summed E-state index contributed by atoms with van der Waals surface area (Å²) in [6, 6.07) is 1.59. The fourth-order valence-corrected chi connectivity index (χ4v) is 2.31. The lowest BCUT2D eigenvalue weighted by Crippen LogP contribution is -2.23. The third kappa shape index (κ3) is 3.48. The Morgan fingerprint density at radius 3 is 2.82 bits per heavy atom. The lowest BCUT2D eigenvalue weighted by atomic mass is 10.1. The molecule has 0 unspecified atom stereocenters. The summed E-state index contributed by atoms with van der Waals surface area (Å²) in [5.41, 5.74) is 1.10. The Morgan fingerprint density at radius 2 is 2.18 bits per heavy atom. The molecule has 116 valence electrons. The van der Waals surface area contributed by atoms with Crippen molar-refractivity contribution < 1.29 is 14.1 Å². The molecule has 7 nitrogen and oxygen atoms in total. The quantitative estimate of drug-likeness (QED) is 0.928. The van der Waals surface area contributed by atoms with Gasteiger partial charge in [0.2, 0.25) is 0 Å². The average Bonchev–Trinajstić information content (AvgIpc) is 3.00. The van der Waals surface area contributed by atoms with Gasteiger partial charge in [-0.3, -0.25) is 4.79 Å². The van der Waals surface area contributed by atoms with Crippen LogP contribution in [-0.2, 0) is 11.3 Å². The molecule has 1 amide bonds. The molecule has 1 saturated heterocycles. The second-order valence-corrected chi connectivity index (χ2v) is 5.31. The molecular weight excluding hydrogens is 284 g/mol. The molecule has 2 aromatic rings. The van der Waals surface area contributed by atoms with E-state index in [1.807, 2.05) is 0 Å². The molecule has 0 spiro atoms. The third-order valence-electron chi connectivity index (χ3n) is 3.51. The Morgan fingerprint density at radius 1 is 1.36 bits per heavy atom. The number of aromatic nitrogens is 3. The Labute approximate surface area is 128 Å². The Balaban J connectivity index is 1.55. The molecule has 0 saturated carbocycles. The van der Waals surface area contributed by atoms with Crippen molar-refractivity contribution in [2.75, 3.05) is 6.61 Å². The van der Waals surface area contributed by atoms with Gasteiger partial charge in [0.05, 0.1) is 0 Å². The molecular formula is C15H18N4O3. The van der Waals surface area contributed by atoms with Crippen molar-refractivity contribution in [2.45, 2.75) is 38.8 Å². The van der Waals surface area contributed by atoms with Crippen LogP contribution in [0.1, 0.15) is 53.0 Å². The zero-order chi connectivity index (χ0) is 15.4. The van der Waals surface area contributed by atoms with Crippen molar-refractivity contribution >= 4 is 5.91 Å². The molecule has 7 heteroatoms. The molecule has 3 heterocycles. The summed E-state index contributed by atoms with van der Waals surface area (Å²) < 4.78 is 10.5. The number of nitrogens with zero attached hydrogens (tertiary/aromatic N) is 3. The predicted molar refractivity (Wildman–Crippen MR) is 77.0 cm³/mol. The summed E-state index contributed by atoms with van der Waals surface area (Å²) >= 11 is 0. The van der Waals surface area contributed by atoms with E-state index in [2.05, 4.69) is 20.4 Å². The van der Waals surface area contributed by atoms with Gasteiger partial charge in [0.25, 0.3) is 5.91 Å². The highest BCUT2D eigenvalue weighted by Gasteiger charge is 2.18. The zero-order valence-electron chi connectivity index (χ0n) is 12.4. The number of rotatable bonds is 4. The molecule has 1 fully saturated rings. The maximum Gasteiger partial charge on any atom is 0.273 e. The van der Waals surface area contributed by atoms with Gasteiger partial charge < -0.3 is 14.6 Å². The molecule has 22 heavy (non-hydrogen) atoms. The molecule has 0 aliphatic carbocycles. The van der Waals surface area contributed by atoms with E-state index in [4.69, 9.17) is 9.26 Å². The summed E-state index contributed by atoms with van der Waals surface area (Å²) in [5, 5.41) is 6.42. The smallest absolute Gasteiger partial charge is 0.273 e. The first-order valence-corrected chi connectivity index (χ1v) is 7.36. The van der Waals surface area contributed by atoms with E-state index in [1.165, 1.54) is 0 Å². The highest BCUT2D eigenvalue weighted by molar-refractivity contribution is 5.92.